The van der Waals surface area contributed by atoms with Gasteiger partial charge in [0.1, 0.15) is 0 Å². The van der Waals surface area contributed by atoms with Gasteiger partial charge < -0.3 is 10.1 Å². The van der Waals surface area contributed by atoms with Crippen LogP contribution in [0.2, 0.25) is 0 Å². The van der Waals surface area contributed by atoms with Crippen LogP contribution in [0.3, 0.4) is 0 Å². The molecule has 31 heavy (non-hydrogen) atoms. The fourth-order valence-corrected chi connectivity index (χ4v) is 3.38. The van der Waals surface area contributed by atoms with Gasteiger partial charge in [-0.15, -0.1) is 5.10 Å². The minimum atomic E-state index is -0.557. The number of H-pyrrole nitrogens is 2. The number of hydrogen-bond donors (Lipinski definition) is 3. The van der Waals surface area contributed by atoms with Gasteiger partial charge >= 0.3 is 11.7 Å². The van der Waals surface area contributed by atoms with Gasteiger partial charge in [-0.1, -0.05) is 61.5 Å². The van der Waals surface area contributed by atoms with Gasteiger partial charge in [0.2, 0.25) is 5.82 Å². The summed E-state index contributed by atoms with van der Waals surface area (Å²) in [5.41, 5.74) is 2.67. The van der Waals surface area contributed by atoms with Crippen molar-refractivity contribution >= 4 is 11.9 Å². The molecule has 1 amide bonds. The summed E-state index contributed by atoms with van der Waals surface area (Å²) in [4.78, 5) is 38.2. The highest BCUT2D eigenvalue weighted by Crippen LogP contribution is 2.21. The van der Waals surface area contributed by atoms with Crippen molar-refractivity contribution < 1.29 is 14.3 Å². The quantitative estimate of drug-likeness (QED) is 0.459. The third-order valence-corrected chi connectivity index (χ3v) is 4.92. The molecule has 2 aromatic carbocycles. The molecule has 162 valence electrons. The maximum Gasteiger partial charge on any atom is 0.341 e. The first kappa shape index (κ1) is 22.0. The molecule has 0 bridgehead atoms. The van der Waals surface area contributed by atoms with Crippen molar-refractivity contribution in [3.8, 4) is 11.1 Å². The van der Waals surface area contributed by atoms with Crippen molar-refractivity contribution in [2.24, 2.45) is 5.92 Å². The van der Waals surface area contributed by atoms with E-state index in [1.54, 1.807) is 13.8 Å². The maximum absolute atomic E-state index is 12.5. The zero-order valence-electron chi connectivity index (χ0n) is 17.6. The zero-order chi connectivity index (χ0) is 22.2. The summed E-state index contributed by atoms with van der Waals surface area (Å²) >= 11 is 0. The van der Waals surface area contributed by atoms with E-state index in [4.69, 9.17) is 4.74 Å². The van der Waals surface area contributed by atoms with Crippen LogP contribution in [-0.4, -0.2) is 39.7 Å². The molecular weight excluding hydrogens is 396 g/mol. The first-order chi connectivity index (χ1) is 15.0. The summed E-state index contributed by atoms with van der Waals surface area (Å²) in [6.07, 6.45) is 0.902. The van der Waals surface area contributed by atoms with Gasteiger partial charge in [-0.3, -0.25) is 14.6 Å². The first-order valence-corrected chi connectivity index (χ1v) is 10.2. The van der Waals surface area contributed by atoms with Crippen LogP contribution in [0.5, 0.6) is 0 Å². The molecule has 0 saturated carbocycles. The molecule has 1 aromatic heterocycles. The maximum atomic E-state index is 12.5. The van der Waals surface area contributed by atoms with Gasteiger partial charge in [-0.2, -0.15) is 0 Å². The van der Waals surface area contributed by atoms with E-state index >= 15 is 0 Å². The monoisotopic (exact) mass is 422 g/mol. The Morgan fingerprint density at radius 2 is 1.74 bits per heavy atom. The molecule has 0 unspecified atom stereocenters. The standard InChI is InChI=1S/C23H26N4O4/c1-3-31-22(29)15(2)13-19(24-21(28)20-25-23(30)27-26-20)14-16-9-11-18(12-10-16)17-7-5-4-6-8-17/h4-12,15,19H,3,13-14H2,1-2H3,(H,24,28)(H2,25,26,27,30)/t15-,19+/m1/s1. The molecule has 8 heteroatoms. The molecule has 8 nitrogen and oxygen atoms in total. The molecule has 2 atom stereocenters. The fourth-order valence-electron chi connectivity index (χ4n) is 3.38. The Hall–Kier alpha value is -3.68. The van der Waals surface area contributed by atoms with Crippen LogP contribution in [0, 0.1) is 5.92 Å². The topological polar surface area (TPSA) is 117 Å². The lowest BCUT2D eigenvalue weighted by atomic mass is 9.95. The molecule has 0 aliphatic carbocycles. The number of carbonyl (C=O) groups is 2. The highest BCUT2D eigenvalue weighted by Gasteiger charge is 2.23. The zero-order valence-corrected chi connectivity index (χ0v) is 17.6. The molecule has 0 fully saturated rings. The summed E-state index contributed by atoms with van der Waals surface area (Å²) < 4.78 is 5.10. The number of amides is 1. The van der Waals surface area contributed by atoms with E-state index in [1.807, 2.05) is 54.6 Å². The van der Waals surface area contributed by atoms with Gasteiger partial charge in [0.05, 0.1) is 12.5 Å². The lowest BCUT2D eigenvalue weighted by Gasteiger charge is -2.21. The number of esters is 1. The Balaban J connectivity index is 1.74. The summed E-state index contributed by atoms with van der Waals surface area (Å²) in [5, 5.41) is 8.71. The Morgan fingerprint density at radius 3 is 2.35 bits per heavy atom. The summed E-state index contributed by atoms with van der Waals surface area (Å²) in [7, 11) is 0. The SMILES string of the molecule is CCOC(=O)[C@H](C)C[C@@H](Cc1ccc(-c2ccccc2)cc1)NC(=O)c1n[nH]c(=O)[nH]1. The van der Waals surface area contributed by atoms with E-state index in [-0.39, 0.29) is 17.8 Å². The Kier molecular flexibility index (Phi) is 7.37. The minimum Gasteiger partial charge on any atom is -0.466 e. The average molecular weight is 422 g/mol. The van der Waals surface area contributed by atoms with Crippen molar-refractivity contribution in [2.45, 2.75) is 32.7 Å². The van der Waals surface area contributed by atoms with Crippen LogP contribution >= 0.6 is 0 Å². The van der Waals surface area contributed by atoms with E-state index in [2.05, 4.69) is 20.5 Å². The summed E-state index contributed by atoms with van der Waals surface area (Å²) in [5.74, 6) is -1.32. The molecule has 0 saturated heterocycles. The molecule has 3 aromatic rings. The molecule has 0 aliphatic rings. The van der Waals surface area contributed by atoms with Crippen LogP contribution in [0.25, 0.3) is 11.1 Å². The predicted molar refractivity (Wildman–Crippen MR) is 116 cm³/mol. The molecule has 1 heterocycles. The Morgan fingerprint density at radius 1 is 1.06 bits per heavy atom. The van der Waals surface area contributed by atoms with Crippen LogP contribution in [0.15, 0.2) is 59.4 Å². The van der Waals surface area contributed by atoms with Gasteiger partial charge in [-0.25, -0.2) is 9.89 Å². The van der Waals surface area contributed by atoms with Crippen molar-refractivity contribution in [2.75, 3.05) is 6.61 Å². The molecule has 0 spiro atoms. The molecule has 0 radical (unpaired) electrons. The molecule has 0 aliphatic heterocycles. The van der Waals surface area contributed by atoms with Gasteiger partial charge in [0, 0.05) is 6.04 Å². The minimum absolute atomic E-state index is 0.0989. The van der Waals surface area contributed by atoms with E-state index in [0.29, 0.717) is 19.4 Å². The number of hydrogen-bond acceptors (Lipinski definition) is 5. The number of aromatic amines is 2. The highest BCUT2D eigenvalue weighted by atomic mass is 16.5. The van der Waals surface area contributed by atoms with E-state index in [0.717, 1.165) is 16.7 Å². The largest absolute Gasteiger partial charge is 0.466 e. The number of nitrogens with one attached hydrogen (secondary N) is 3. The van der Waals surface area contributed by atoms with Crippen LogP contribution in [-0.2, 0) is 16.0 Å². The molecular formula is C23H26N4O4. The van der Waals surface area contributed by atoms with Crippen molar-refractivity contribution in [3.63, 3.8) is 0 Å². The number of benzene rings is 2. The lowest BCUT2D eigenvalue weighted by molar-refractivity contribution is -0.147. The Bertz CT molecular complexity index is 1060. The smallest absolute Gasteiger partial charge is 0.341 e. The second-order valence-corrected chi connectivity index (χ2v) is 7.35. The third kappa shape index (κ3) is 6.15. The molecule has 3 N–H and O–H groups in total. The van der Waals surface area contributed by atoms with Crippen LogP contribution in [0.4, 0.5) is 0 Å². The van der Waals surface area contributed by atoms with Gasteiger partial charge in [0.15, 0.2) is 0 Å². The van der Waals surface area contributed by atoms with Crippen molar-refractivity contribution in [3.05, 3.63) is 76.5 Å². The first-order valence-electron chi connectivity index (χ1n) is 10.2. The van der Waals surface area contributed by atoms with Crippen molar-refractivity contribution in [1.82, 2.24) is 20.5 Å². The Labute approximate surface area is 180 Å². The predicted octanol–water partition coefficient (Wildman–Crippen LogP) is 2.70. The summed E-state index contributed by atoms with van der Waals surface area (Å²) in [6.45, 7) is 3.83. The highest BCUT2D eigenvalue weighted by molar-refractivity contribution is 5.90. The normalized spacial score (nSPS) is 12.7. The molecule has 3 rings (SSSR count). The number of aromatic nitrogens is 3. The average Bonchev–Trinajstić information content (AvgIpc) is 3.21. The van der Waals surface area contributed by atoms with E-state index < -0.39 is 17.5 Å². The lowest BCUT2D eigenvalue weighted by Crippen LogP contribution is -2.39. The second-order valence-electron chi connectivity index (χ2n) is 7.35. The van der Waals surface area contributed by atoms with E-state index in [9.17, 15) is 14.4 Å². The third-order valence-electron chi connectivity index (χ3n) is 4.92. The number of nitrogens with zero attached hydrogens (tertiary/aromatic N) is 1. The number of carbonyl (C=O) groups excluding carboxylic acids is 2. The van der Waals surface area contributed by atoms with Crippen LogP contribution in [0.1, 0.15) is 36.5 Å². The fraction of sp³-hybridized carbons (Fsp3) is 0.304. The van der Waals surface area contributed by atoms with E-state index in [1.165, 1.54) is 0 Å². The number of ether oxygens (including phenoxy) is 1. The summed E-state index contributed by atoms with van der Waals surface area (Å²) in [6, 6.07) is 17.8. The van der Waals surface area contributed by atoms with Gasteiger partial charge in [0.25, 0.3) is 5.91 Å². The van der Waals surface area contributed by atoms with Crippen LogP contribution < -0.4 is 11.0 Å². The second kappa shape index (κ2) is 10.4. The van der Waals surface area contributed by atoms with Gasteiger partial charge in [-0.05, 0) is 36.5 Å². The van der Waals surface area contributed by atoms with Crippen molar-refractivity contribution in [1.29, 1.82) is 0 Å². The number of rotatable bonds is 9.